The van der Waals surface area contributed by atoms with E-state index in [0.717, 1.165) is 12.0 Å². The normalized spacial score (nSPS) is 21.9. The Morgan fingerprint density at radius 3 is 2.68 bits per heavy atom. The first-order chi connectivity index (χ1) is 9.18. The molecule has 0 saturated carbocycles. The molecular weight excluding hydrogens is 244 g/mol. The Morgan fingerprint density at radius 2 is 2.00 bits per heavy atom. The first-order valence-electron chi connectivity index (χ1n) is 6.67. The zero-order valence-electron chi connectivity index (χ0n) is 11.0. The van der Waals surface area contributed by atoms with Crippen molar-refractivity contribution in [1.82, 2.24) is 0 Å². The molecule has 1 aliphatic rings. The maximum atomic E-state index is 11.6. The highest BCUT2D eigenvalue weighted by atomic mass is 16.5. The second-order valence-corrected chi connectivity index (χ2v) is 5.12. The summed E-state index contributed by atoms with van der Waals surface area (Å²) in [5.41, 5.74) is 1.68. The van der Waals surface area contributed by atoms with E-state index in [1.165, 1.54) is 5.56 Å². The molecule has 1 unspecified atom stereocenters. The van der Waals surface area contributed by atoms with Gasteiger partial charge in [-0.05, 0) is 36.8 Å². The smallest absolute Gasteiger partial charge is 0.310 e. The summed E-state index contributed by atoms with van der Waals surface area (Å²) in [6.07, 6.45) is 2.53. The number of carboxylic acids is 1. The third kappa shape index (κ3) is 3.14. The van der Waals surface area contributed by atoms with Crippen LogP contribution in [0.2, 0.25) is 0 Å². The summed E-state index contributed by atoms with van der Waals surface area (Å²) < 4.78 is 5.24. The number of carbonyl (C=O) groups is 1. The van der Waals surface area contributed by atoms with Gasteiger partial charge in [0.25, 0.3) is 0 Å². The maximum Gasteiger partial charge on any atom is 0.310 e. The molecule has 4 heteroatoms. The molecule has 1 atom stereocenters. The van der Waals surface area contributed by atoms with E-state index in [1.54, 1.807) is 0 Å². The van der Waals surface area contributed by atoms with E-state index in [4.69, 9.17) is 9.84 Å². The fraction of sp³-hybridized carbons (Fsp3) is 0.533. The first-order valence-corrected chi connectivity index (χ1v) is 6.67. The van der Waals surface area contributed by atoms with Crippen molar-refractivity contribution in [2.75, 3.05) is 19.8 Å². The van der Waals surface area contributed by atoms with Crippen molar-refractivity contribution in [3.05, 3.63) is 35.4 Å². The van der Waals surface area contributed by atoms with Gasteiger partial charge in [0, 0.05) is 6.61 Å². The van der Waals surface area contributed by atoms with Crippen molar-refractivity contribution in [1.29, 1.82) is 0 Å². The summed E-state index contributed by atoms with van der Waals surface area (Å²) >= 11 is 0. The summed E-state index contributed by atoms with van der Waals surface area (Å²) in [5.74, 6) is -0.741. The molecule has 19 heavy (non-hydrogen) atoms. The van der Waals surface area contributed by atoms with Gasteiger partial charge < -0.3 is 14.9 Å². The van der Waals surface area contributed by atoms with Crippen LogP contribution in [0.1, 0.15) is 24.0 Å². The van der Waals surface area contributed by atoms with Crippen molar-refractivity contribution in [3.8, 4) is 0 Å². The first kappa shape index (κ1) is 14.0. The largest absolute Gasteiger partial charge is 0.481 e. The van der Waals surface area contributed by atoms with E-state index in [-0.39, 0.29) is 13.2 Å². The Kier molecular flexibility index (Phi) is 4.56. The Balaban J connectivity index is 2.08. The van der Waals surface area contributed by atoms with E-state index < -0.39 is 11.4 Å². The number of aliphatic hydroxyl groups is 1. The zero-order chi connectivity index (χ0) is 13.7. The van der Waals surface area contributed by atoms with Crippen LogP contribution in [0.3, 0.4) is 0 Å². The number of hydrogen-bond donors (Lipinski definition) is 2. The quantitative estimate of drug-likeness (QED) is 0.767. The molecule has 0 fully saturated rings. The highest BCUT2D eigenvalue weighted by molar-refractivity contribution is 5.75. The average Bonchev–Trinajstić information content (AvgIpc) is 2.43. The van der Waals surface area contributed by atoms with Crippen molar-refractivity contribution in [3.63, 3.8) is 0 Å². The van der Waals surface area contributed by atoms with Gasteiger partial charge in [0.2, 0.25) is 0 Å². The molecule has 0 spiro atoms. The van der Waals surface area contributed by atoms with E-state index in [1.807, 2.05) is 18.2 Å². The van der Waals surface area contributed by atoms with Crippen LogP contribution in [0.5, 0.6) is 0 Å². The van der Waals surface area contributed by atoms with Gasteiger partial charge in [-0.2, -0.15) is 0 Å². The van der Waals surface area contributed by atoms with Crippen LogP contribution in [0.4, 0.5) is 0 Å². The molecule has 0 aliphatic heterocycles. The fourth-order valence-electron chi connectivity index (χ4n) is 2.74. The molecule has 0 aromatic heterocycles. The molecule has 4 nitrogen and oxygen atoms in total. The molecule has 0 bridgehead atoms. The lowest BCUT2D eigenvalue weighted by Crippen LogP contribution is -2.38. The van der Waals surface area contributed by atoms with E-state index in [0.29, 0.717) is 25.9 Å². The number of aliphatic carboxylic acids is 1. The summed E-state index contributed by atoms with van der Waals surface area (Å²) in [7, 11) is 0. The van der Waals surface area contributed by atoms with Crippen molar-refractivity contribution in [2.45, 2.75) is 25.7 Å². The van der Waals surface area contributed by atoms with Gasteiger partial charge in [-0.25, -0.2) is 0 Å². The number of aliphatic hydroxyl groups excluding tert-OH is 1. The Bertz CT molecular complexity index is 444. The molecule has 0 amide bonds. The molecule has 2 rings (SSSR count). The minimum atomic E-state index is -0.741. The molecule has 0 heterocycles. The summed E-state index contributed by atoms with van der Waals surface area (Å²) in [6, 6.07) is 8.04. The second-order valence-electron chi connectivity index (χ2n) is 5.12. The fourth-order valence-corrected chi connectivity index (χ4v) is 2.74. The number of benzene rings is 1. The van der Waals surface area contributed by atoms with Crippen LogP contribution in [0.25, 0.3) is 0 Å². The Labute approximate surface area is 113 Å². The molecule has 1 aliphatic carbocycles. The zero-order valence-corrected chi connectivity index (χ0v) is 11.0. The molecule has 0 radical (unpaired) electrons. The molecule has 2 N–H and O–H groups in total. The topological polar surface area (TPSA) is 66.8 Å². The number of carboxylic acid groups (broad SMARTS) is 1. The maximum absolute atomic E-state index is 11.6. The second kappa shape index (κ2) is 6.17. The number of ether oxygens (including phenoxy) is 1. The van der Waals surface area contributed by atoms with Gasteiger partial charge in [-0.3, -0.25) is 4.79 Å². The number of rotatable bonds is 6. The lowest BCUT2D eigenvalue weighted by atomic mass is 9.70. The molecule has 1 aromatic carbocycles. The van der Waals surface area contributed by atoms with Gasteiger partial charge in [-0.15, -0.1) is 0 Å². The minimum Gasteiger partial charge on any atom is -0.481 e. The molecule has 104 valence electrons. The highest BCUT2D eigenvalue weighted by Gasteiger charge is 2.40. The third-order valence-electron chi connectivity index (χ3n) is 3.93. The summed E-state index contributed by atoms with van der Waals surface area (Å²) in [4.78, 5) is 11.6. The molecule has 0 saturated heterocycles. The van der Waals surface area contributed by atoms with Crippen molar-refractivity contribution < 1.29 is 19.7 Å². The third-order valence-corrected chi connectivity index (χ3v) is 3.93. The van der Waals surface area contributed by atoms with E-state index in [2.05, 4.69) is 6.07 Å². The standard InChI is InChI=1S/C15H20O4/c16-8-10-19-9-7-15(14(17)18)6-5-12-3-1-2-4-13(12)11-15/h1-4,16H,5-11H2,(H,17,18). The van der Waals surface area contributed by atoms with Crippen LogP contribution in [-0.4, -0.2) is 36.0 Å². The number of hydrogen-bond acceptors (Lipinski definition) is 3. The van der Waals surface area contributed by atoms with Crippen LogP contribution in [0, 0.1) is 5.41 Å². The van der Waals surface area contributed by atoms with Gasteiger partial charge >= 0.3 is 5.97 Å². The lowest BCUT2D eigenvalue weighted by molar-refractivity contribution is -0.151. The summed E-state index contributed by atoms with van der Waals surface area (Å²) in [5, 5.41) is 18.2. The van der Waals surface area contributed by atoms with Crippen molar-refractivity contribution >= 4 is 5.97 Å². The lowest BCUT2D eigenvalue weighted by Gasteiger charge is -2.34. The van der Waals surface area contributed by atoms with Gasteiger partial charge in [-0.1, -0.05) is 24.3 Å². The Morgan fingerprint density at radius 1 is 1.26 bits per heavy atom. The summed E-state index contributed by atoms with van der Waals surface area (Å²) in [6.45, 7) is 0.629. The highest BCUT2D eigenvalue weighted by Crippen LogP contribution is 2.38. The van der Waals surface area contributed by atoms with E-state index in [9.17, 15) is 9.90 Å². The predicted octanol–water partition coefficient (Wildman–Crippen LogP) is 1.65. The average molecular weight is 264 g/mol. The van der Waals surface area contributed by atoms with Crippen LogP contribution in [-0.2, 0) is 22.4 Å². The van der Waals surface area contributed by atoms with Crippen molar-refractivity contribution in [2.24, 2.45) is 5.41 Å². The molecule has 1 aromatic rings. The van der Waals surface area contributed by atoms with Crippen LogP contribution < -0.4 is 0 Å². The van der Waals surface area contributed by atoms with Gasteiger partial charge in [0.05, 0.1) is 18.6 Å². The van der Waals surface area contributed by atoms with E-state index >= 15 is 0 Å². The van der Waals surface area contributed by atoms with Gasteiger partial charge in [0.1, 0.15) is 0 Å². The Hall–Kier alpha value is -1.39. The number of aryl methyl sites for hydroxylation is 1. The van der Waals surface area contributed by atoms with Crippen LogP contribution in [0.15, 0.2) is 24.3 Å². The van der Waals surface area contributed by atoms with Gasteiger partial charge in [0.15, 0.2) is 0 Å². The monoisotopic (exact) mass is 264 g/mol. The number of fused-ring (bicyclic) bond motifs is 1. The molecular formula is C15H20O4. The minimum absolute atomic E-state index is 0.0249. The SMILES string of the molecule is O=C(O)C1(CCOCCO)CCc2ccccc2C1. The predicted molar refractivity (Wildman–Crippen MR) is 71.1 cm³/mol. The van der Waals surface area contributed by atoms with Crippen LogP contribution >= 0.6 is 0 Å².